The second kappa shape index (κ2) is 7.20. The first-order valence-electron chi connectivity index (χ1n) is 10.7. The molecule has 5 heterocycles. The second-order valence-corrected chi connectivity index (χ2v) is 9.35. The standard InChI is InChI=1S/C23H23ClFN3O4/c1-11-12-6-8-28(21(12)27-10-26-11)22-20-19(31-23(2,3)32-20)18(30-22)17-14-4-5-15(24)16(25)13(14)7-9-29-17/h4-6,8,10,17-20,22H,7,9H2,1-3H3/t17-,18?,19-,20-,22-/m1/s1. The molecule has 5 atom stereocenters. The van der Waals surface area contributed by atoms with E-state index >= 15 is 0 Å². The van der Waals surface area contributed by atoms with Crippen molar-refractivity contribution < 1.29 is 23.3 Å². The van der Waals surface area contributed by atoms with Gasteiger partial charge in [-0.05, 0) is 50.5 Å². The molecule has 3 aliphatic heterocycles. The number of rotatable bonds is 2. The molecule has 6 rings (SSSR count). The number of hydrogen-bond acceptors (Lipinski definition) is 6. The maximum absolute atomic E-state index is 14.7. The van der Waals surface area contributed by atoms with E-state index in [0.717, 1.165) is 22.3 Å². The van der Waals surface area contributed by atoms with Crippen LogP contribution in [0, 0.1) is 12.7 Å². The lowest BCUT2D eigenvalue weighted by Crippen LogP contribution is -2.37. The molecule has 2 aromatic heterocycles. The quantitative estimate of drug-likeness (QED) is 0.570. The van der Waals surface area contributed by atoms with Crippen LogP contribution in [-0.2, 0) is 25.4 Å². The first-order chi connectivity index (χ1) is 15.3. The minimum atomic E-state index is -0.786. The number of ether oxygens (including phenoxy) is 4. The van der Waals surface area contributed by atoms with E-state index in [9.17, 15) is 4.39 Å². The molecule has 0 spiro atoms. The molecule has 0 aliphatic carbocycles. The molecule has 168 valence electrons. The molecule has 9 heteroatoms. The van der Waals surface area contributed by atoms with Gasteiger partial charge in [0.15, 0.2) is 12.0 Å². The van der Waals surface area contributed by atoms with Crippen molar-refractivity contribution in [3.05, 3.63) is 58.4 Å². The highest BCUT2D eigenvalue weighted by atomic mass is 35.5. The van der Waals surface area contributed by atoms with Crippen LogP contribution in [0.1, 0.15) is 43.0 Å². The average Bonchev–Trinajstić information content (AvgIpc) is 3.42. The smallest absolute Gasteiger partial charge is 0.164 e. The van der Waals surface area contributed by atoms with Crippen LogP contribution in [0.3, 0.4) is 0 Å². The monoisotopic (exact) mass is 459 g/mol. The summed E-state index contributed by atoms with van der Waals surface area (Å²) in [6.45, 7) is 6.09. The summed E-state index contributed by atoms with van der Waals surface area (Å²) in [5, 5.41) is 1.06. The normalized spacial score (nSPS) is 31.1. The third-order valence-electron chi connectivity index (χ3n) is 6.53. The summed E-state index contributed by atoms with van der Waals surface area (Å²) in [6, 6.07) is 5.36. The highest BCUT2D eigenvalue weighted by Crippen LogP contribution is 2.49. The van der Waals surface area contributed by atoms with Crippen molar-refractivity contribution in [1.29, 1.82) is 0 Å². The fourth-order valence-corrected chi connectivity index (χ4v) is 5.33. The van der Waals surface area contributed by atoms with Crippen LogP contribution in [-0.4, -0.2) is 45.2 Å². The van der Waals surface area contributed by atoms with Gasteiger partial charge >= 0.3 is 0 Å². The van der Waals surface area contributed by atoms with E-state index in [1.165, 1.54) is 0 Å². The van der Waals surface area contributed by atoms with Gasteiger partial charge in [-0.1, -0.05) is 17.7 Å². The SMILES string of the molecule is Cc1ncnc2c1ccn2[C@@H]1OC([C@@H]2OCCc3c2ccc(Cl)c3F)[C@H]2OC(C)(C)O[C@H]21. The second-order valence-electron chi connectivity index (χ2n) is 8.95. The van der Waals surface area contributed by atoms with Gasteiger partial charge in [0.05, 0.1) is 17.3 Å². The van der Waals surface area contributed by atoms with Crippen LogP contribution in [0.4, 0.5) is 4.39 Å². The maximum Gasteiger partial charge on any atom is 0.164 e. The van der Waals surface area contributed by atoms with Crippen molar-refractivity contribution in [2.75, 3.05) is 6.61 Å². The van der Waals surface area contributed by atoms with Crippen LogP contribution >= 0.6 is 11.6 Å². The van der Waals surface area contributed by atoms with Crippen molar-refractivity contribution in [2.45, 2.75) is 63.6 Å². The Kier molecular flexibility index (Phi) is 4.61. The Bertz CT molecular complexity index is 1220. The Morgan fingerprint density at radius 3 is 2.78 bits per heavy atom. The first-order valence-corrected chi connectivity index (χ1v) is 11.1. The lowest BCUT2D eigenvalue weighted by molar-refractivity contribution is -0.212. The zero-order valence-electron chi connectivity index (χ0n) is 17.9. The van der Waals surface area contributed by atoms with E-state index in [0.29, 0.717) is 18.6 Å². The number of aryl methyl sites for hydroxylation is 1. The number of hydrogen-bond donors (Lipinski definition) is 0. The lowest BCUT2D eigenvalue weighted by Gasteiger charge is -2.33. The Morgan fingerprint density at radius 2 is 1.94 bits per heavy atom. The van der Waals surface area contributed by atoms with E-state index in [2.05, 4.69) is 9.97 Å². The van der Waals surface area contributed by atoms with Gasteiger partial charge in [-0.25, -0.2) is 14.4 Å². The van der Waals surface area contributed by atoms with Crippen molar-refractivity contribution in [3.63, 3.8) is 0 Å². The number of aromatic nitrogens is 3. The zero-order valence-corrected chi connectivity index (χ0v) is 18.7. The van der Waals surface area contributed by atoms with E-state index in [-0.39, 0.29) is 11.1 Å². The predicted molar refractivity (Wildman–Crippen MR) is 114 cm³/mol. The Hall–Kier alpha value is -2.10. The molecule has 0 saturated carbocycles. The molecule has 3 aromatic rings. The van der Waals surface area contributed by atoms with Gasteiger partial charge in [0.25, 0.3) is 0 Å². The van der Waals surface area contributed by atoms with Gasteiger partial charge in [0.2, 0.25) is 0 Å². The van der Waals surface area contributed by atoms with Gasteiger partial charge in [0, 0.05) is 11.6 Å². The van der Waals surface area contributed by atoms with Gasteiger partial charge < -0.3 is 23.5 Å². The van der Waals surface area contributed by atoms with Crippen molar-refractivity contribution in [2.24, 2.45) is 0 Å². The van der Waals surface area contributed by atoms with E-state index in [1.807, 2.05) is 43.7 Å². The van der Waals surface area contributed by atoms with Crippen molar-refractivity contribution in [1.82, 2.24) is 14.5 Å². The molecule has 0 amide bonds. The Labute approximate surface area is 189 Å². The molecule has 0 radical (unpaired) electrons. The molecule has 0 N–H and O–H groups in total. The fourth-order valence-electron chi connectivity index (χ4n) is 5.16. The molecule has 2 saturated heterocycles. The van der Waals surface area contributed by atoms with Crippen LogP contribution in [0.2, 0.25) is 5.02 Å². The van der Waals surface area contributed by atoms with Gasteiger partial charge in [-0.3, -0.25) is 0 Å². The number of fused-ring (bicyclic) bond motifs is 3. The van der Waals surface area contributed by atoms with Crippen LogP contribution in [0.25, 0.3) is 11.0 Å². The third-order valence-corrected chi connectivity index (χ3v) is 6.83. The van der Waals surface area contributed by atoms with Crippen LogP contribution in [0.5, 0.6) is 0 Å². The summed E-state index contributed by atoms with van der Waals surface area (Å²) in [5.41, 5.74) is 2.97. The molecule has 2 fully saturated rings. The summed E-state index contributed by atoms with van der Waals surface area (Å²) in [6.07, 6.45) is 1.68. The molecule has 1 unspecified atom stereocenters. The van der Waals surface area contributed by atoms with E-state index in [1.54, 1.807) is 12.4 Å². The number of halogens is 2. The third kappa shape index (κ3) is 3.01. The highest BCUT2D eigenvalue weighted by molar-refractivity contribution is 6.30. The molecule has 0 bridgehead atoms. The maximum atomic E-state index is 14.7. The summed E-state index contributed by atoms with van der Waals surface area (Å²) >= 11 is 6.03. The first kappa shape index (κ1) is 20.5. The molecular formula is C23H23ClFN3O4. The van der Waals surface area contributed by atoms with Crippen LogP contribution < -0.4 is 0 Å². The van der Waals surface area contributed by atoms with Crippen LogP contribution in [0.15, 0.2) is 30.7 Å². The van der Waals surface area contributed by atoms with Gasteiger partial charge in [-0.2, -0.15) is 0 Å². The number of nitrogens with zero attached hydrogens (tertiary/aromatic N) is 3. The highest BCUT2D eigenvalue weighted by Gasteiger charge is 2.58. The van der Waals surface area contributed by atoms with E-state index < -0.39 is 36.1 Å². The molecule has 3 aliphatic rings. The van der Waals surface area contributed by atoms with Crippen molar-refractivity contribution >= 4 is 22.6 Å². The van der Waals surface area contributed by atoms with Gasteiger partial charge in [0.1, 0.15) is 42.2 Å². The largest absolute Gasteiger partial charge is 0.370 e. The summed E-state index contributed by atoms with van der Waals surface area (Å²) in [4.78, 5) is 8.75. The zero-order chi connectivity index (χ0) is 22.2. The van der Waals surface area contributed by atoms with E-state index in [4.69, 9.17) is 30.5 Å². The summed E-state index contributed by atoms with van der Waals surface area (Å²) in [7, 11) is 0. The number of benzene rings is 1. The minimum absolute atomic E-state index is 0.114. The van der Waals surface area contributed by atoms with Gasteiger partial charge in [-0.15, -0.1) is 0 Å². The summed E-state index contributed by atoms with van der Waals surface area (Å²) in [5.74, 6) is -1.18. The summed E-state index contributed by atoms with van der Waals surface area (Å²) < 4.78 is 41.9. The van der Waals surface area contributed by atoms with Crippen molar-refractivity contribution in [3.8, 4) is 0 Å². The Morgan fingerprint density at radius 1 is 1.12 bits per heavy atom. The molecule has 32 heavy (non-hydrogen) atoms. The lowest BCUT2D eigenvalue weighted by atomic mass is 9.91. The predicted octanol–water partition coefficient (Wildman–Crippen LogP) is 4.26. The minimum Gasteiger partial charge on any atom is -0.370 e. The molecule has 7 nitrogen and oxygen atoms in total. The Balaban J connectivity index is 1.43. The molecule has 1 aromatic carbocycles. The molecular weight excluding hydrogens is 437 g/mol. The average molecular weight is 460 g/mol. The fraction of sp³-hybridized carbons (Fsp3) is 0.478. The topological polar surface area (TPSA) is 67.6 Å².